The number of carbonyl (C=O) groups is 1. The van der Waals surface area contributed by atoms with Crippen molar-refractivity contribution in [2.75, 3.05) is 23.3 Å². The van der Waals surface area contributed by atoms with Crippen molar-refractivity contribution in [3.63, 3.8) is 0 Å². The van der Waals surface area contributed by atoms with Crippen LogP contribution in [0.4, 0.5) is 16.4 Å². The van der Waals surface area contributed by atoms with E-state index in [1.807, 2.05) is 12.1 Å². The molecule has 0 unspecified atom stereocenters. The average Bonchev–Trinajstić information content (AvgIpc) is 2.97. The molecule has 22 heavy (non-hydrogen) atoms. The summed E-state index contributed by atoms with van der Waals surface area (Å²) in [5.41, 5.74) is 0. The van der Waals surface area contributed by atoms with Crippen molar-refractivity contribution in [2.24, 2.45) is 0 Å². The lowest BCUT2D eigenvalue weighted by atomic mass is 10.3. The number of hydrogen-bond donors (Lipinski definition) is 2. The van der Waals surface area contributed by atoms with Gasteiger partial charge in [-0.1, -0.05) is 17.7 Å². The monoisotopic (exact) mass is 317 g/mol. The SMILES string of the molecule is O=C(Nc1ccccn1)N[C@H]1CCN(c2ncccc2Cl)C1. The summed E-state index contributed by atoms with van der Waals surface area (Å²) >= 11 is 6.15. The molecule has 2 aromatic rings. The predicted molar refractivity (Wildman–Crippen MR) is 86.3 cm³/mol. The van der Waals surface area contributed by atoms with Crippen LogP contribution in [0.2, 0.25) is 5.02 Å². The van der Waals surface area contributed by atoms with Gasteiger partial charge in [0.1, 0.15) is 11.6 Å². The van der Waals surface area contributed by atoms with Crippen LogP contribution in [-0.2, 0) is 0 Å². The molecule has 3 heterocycles. The summed E-state index contributed by atoms with van der Waals surface area (Å²) in [5, 5.41) is 6.28. The molecule has 6 nitrogen and oxygen atoms in total. The highest BCUT2D eigenvalue weighted by Crippen LogP contribution is 2.25. The lowest BCUT2D eigenvalue weighted by Crippen LogP contribution is -2.40. The van der Waals surface area contributed by atoms with Gasteiger partial charge in [0.15, 0.2) is 0 Å². The van der Waals surface area contributed by atoms with E-state index in [2.05, 4.69) is 25.5 Å². The second kappa shape index (κ2) is 6.62. The van der Waals surface area contributed by atoms with E-state index in [1.165, 1.54) is 0 Å². The first-order valence-corrected chi connectivity index (χ1v) is 7.44. The van der Waals surface area contributed by atoms with E-state index in [-0.39, 0.29) is 12.1 Å². The maximum atomic E-state index is 12.0. The molecule has 2 N–H and O–H groups in total. The molecule has 7 heteroatoms. The summed E-state index contributed by atoms with van der Waals surface area (Å²) < 4.78 is 0. The summed E-state index contributed by atoms with van der Waals surface area (Å²) in [7, 11) is 0. The van der Waals surface area contributed by atoms with Crippen molar-refractivity contribution in [1.82, 2.24) is 15.3 Å². The summed E-state index contributed by atoms with van der Waals surface area (Å²) in [6.07, 6.45) is 4.20. The minimum Gasteiger partial charge on any atom is -0.353 e. The smallest absolute Gasteiger partial charge is 0.320 e. The van der Waals surface area contributed by atoms with Crippen molar-refractivity contribution < 1.29 is 4.79 Å². The Morgan fingerprint density at radius 1 is 1.23 bits per heavy atom. The Balaban J connectivity index is 1.55. The fourth-order valence-corrected chi connectivity index (χ4v) is 2.70. The van der Waals surface area contributed by atoms with Gasteiger partial charge in [-0.2, -0.15) is 0 Å². The first-order chi connectivity index (χ1) is 10.7. The Hall–Kier alpha value is -2.34. The zero-order valence-corrected chi connectivity index (χ0v) is 12.6. The molecule has 0 bridgehead atoms. The van der Waals surface area contributed by atoms with Crippen molar-refractivity contribution in [2.45, 2.75) is 12.5 Å². The van der Waals surface area contributed by atoms with E-state index in [1.54, 1.807) is 30.6 Å². The zero-order valence-electron chi connectivity index (χ0n) is 11.9. The molecule has 1 saturated heterocycles. The number of urea groups is 1. The normalized spacial score (nSPS) is 17.3. The maximum absolute atomic E-state index is 12.0. The molecule has 0 saturated carbocycles. The van der Waals surface area contributed by atoms with Crippen LogP contribution < -0.4 is 15.5 Å². The van der Waals surface area contributed by atoms with Gasteiger partial charge in [-0.05, 0) is 30.7 Å². The number of hydrogen-bond acceptors (Lipinski definition) is 4. The Bertz CT molecular complexity index is 651. The largest absolute Gasteiger partial charge is 0.353 e. The number of aromatic nitrogens is 2. The van der Waals surface area contributed by atoms with Crippen LogP contribution >= 0.6 is 11.6 Å². The van der Waals surface area contributed by atoms with Gasteiger partial charge in [-0.15, -0.1) is 0 Å². The van der Waals surface area contributed by atoms with Crippen LogP contribution in [0.5, 0.6) is 0 Å². The summed E-state index contributed by atoms with van der Waals surface area (Å²) in [6.45, 7) is 1.50. The van der Waals surface area contributed by atoms with Gasteiger partial charge < -0.3 is 10.2 Å². The van der Waals surface area contributed by atoms with E-state index in [0.717, 1.165) is 18.8 Å². The summed E-state index contributed by atoms with van der Waals surface area (Å²) in [5.74, 6) is 1.29. The lowest BCUT2D eigenvalue weighted by Gasteiger charge is -2.19. The van der Waals surface area contributed by atoms with E-state index in [4.69, 9.17) is 11.6 Å². The Labute approximate surface area is 133 Å². The Morgan fingerprint density at radius 2 is 2.09 bits per heavy atom. The molecule has 2 amide bonds. The topological polar surface area (TPSA) is 70.2 Å². The first-order valence-electron chi connectivity index (χ1n) is 7.06. The zero-order chi connectivity index (χ0) is 15.4. The van der Waals surface area contributed by atoms with Crippen molar-refractivity contribution >= 4 is 29.3 Å². The number of carbonyl (C=O) groups excluding carboxylic acids is 1. The van der Waals surface area contributed by atoms with Gasteiger partial charge in [0.05, 0.1) is 5.02 Å². The predicted octanol–water partition coefficient (Wildman–Crippen LogP) is 2.53. The molecule has 3 rings (SSSR count). The number of halogens is 1. The molecule has 1 fully saturated rings. The molecular weight excluding hydrogens is 302 g/mol. The highest BCUT2D eigenvalue weighted by molar-refractivity contribution is 6.32. The van der Waals surface area contributed by atoms with E-state index >= 15 is 0 Å². The molecular formula is C15H16ClN5O. The van der Waals surface area contributed by atoms with E-state index < -0.39 is 0 Å². The Kier molecular flexibility index (Phi) is 4.39. The maximum Gasteiger partial charge on any atom is 0.320 e. The van der Waals surface area contributed by atoms with Crippen molar-refractivity contribution in [1.29, 1.82) is 0 Å². The number of nitrogens with one attached hydrogen (secondary N) is 2. The molecule has 114 valence electrons. The fraction of sp³-hybridized carbons (Fsp3) is 0.267. The molecule has 1 aliphatic heterocycles. The second-order valence-corrected chi connectivity index (χ2v) is 5.46. The van der Waals surface area contributed by atoms with Crippen LogP contribution in [0.1, 0.15) is 6.42 Å². The molecule has 0 spiro atoms. The quantitative estimate of drug-likeness (QED) is 0.912. The molecule has 0 radical (unpaired) electrons. The molecule has 1 aliphatic rings. The third-order valence-corrected chi connectivity index (χ3v) is 3.76. The fourth-order valence-electron chi connectivity index (χ4n) is 2.46. The van der Waals surface area contributed by atoms with Gasteiger partial charge in [0.2, 0.25) is 0 Å². The minimum absolute atomic E-state index is 0.0572. The summed E-state index contributed by atoms with van der Waals surface area (Å²) in [4.78, 5) is 22.4. The lowest BCUT2D eigenvalue weighted by molar-refractivity contribution is 0.249. The van der Waals surface area contributed by atoms with Gasteiger partial charge >= 0.3 is 6.03 Å². The molecule has 0 aliphatic carbocycles. The molecule has 0 aromatic carbocycles. The van der Waals surface area contributed by atoms with Crippen LogP contribution in [0.3, 0.4) is 0 Å². The van der Waals surface area contributed by atoms with Gasteiger partial charge in [-0.25, -0.2) is 14.8 Å². The highest BCUT2D eigenvalue weighted by Gasteiger charge is 2.26. The van der Waals surface area contributed by atoms with Crippen LogP contribution in [0.25, 0.3) is 0 Å². The number of anilines is 2. The van der Waals surface area contributed by atoms with Crippen molar-refractivity contribution in [3.05, 3.63) is 47.7 Å². The third kappa shape index (κ3) is 3.46. The van der Waals surface area contributed by atoms with E-state index in [9.17, 15) is 4.79 Å². The van der Waals surface area contributed by atoms with Gasteiger partial charge in [-0.3, -0.25) is 5.32 Å². The molecule has 2 aromatic heterocycles. The number of amides is 2. The van der Waals surface area contributed by atoms with Crippen LogP contribution in [0, 0.1) is 0 Å². The molecule has 1 atom stereocenters. The number of pyridine rings is 2. The minimum atomic E-state index is -0.252. The highest BCUT2D eigenvalue weighted by atomic mass is 35.5. The van der Waals surface area contributed by atoms with Crippen molar-refractivity contribution in [3.8, 4) is 0 Å². The summed E-state index contributed by atoms with van der Waals surface area (Å²) in [6, 6.07) is 8.79. The number of rotatable bonds is 3. The van der Waals surface area contributed by atoms with E-state index in [0.29, 0.717) is 17.4 Å². The number of nitrogens with zero attached hydrogens (tertiary/aromatic N) is 3. The Morgan fingerprint density at radius 3 is 2.86 bits per heavy atom. The standard InChI is InChI=1S/C15H16ClN5O/c16-12-4-3-8-18-14(12)21-9-6-11(10-21)19-15(22)20-13-5-1-2-7-17-13/h1-5,7-8,11H,6,9-10H2,(H2,17,19,20,22)/t11-/m0/s1. The van der Waals surface area contributed by atoms with Crippen LogP contribution in [-0.4, -0.2) is 35.1 Å². The second-order valence-electron chi connectivity index (χ2n) is 5.05. The first kappa shape index (κ1) is 14.6. The van der Waals surface area contributed by atoms with Crippen LogP contribution in [0.15, 0.2) is 42.7 Å². The van der Waals surface area contributed by atoms with Gasteiger partial charge in [0.25, 0.3) is 0 Å². The van der Waals surface area contributed by atoms with Gasteiger partial charge in [0, 0.05) is 31.5 Å². The average molecular weight is 318 g/mol. The third-order valence-electron chi connectivity index (χ3n) is 3.47.